The van der Waals surface area contributed by atoms with Crippen molar-refractivity contribution in [2.45, 2.75) is 13.3 Å². The SMILES string of the molecule is COc1ccc2cc(-c3oc4c(=O)cc(C)oc4c3CC(=O)O)ccc2c1. The standard InChI is InChI=1S/C21H16O6/c1-11-7-17(22)21-20(26-11)16(10-18(23)24)19(27-21)14-4-3-13-9-15(25-2)6-5-12(13)8-14/h3-9H,10H2,1-2H3,(H,23,24). The normalized spacial score (nSPS) is 11.2. The number of fused-ring (bicyclic) bond motifs is 2. The highest BCUT2D eigenvalue weighted by Gasteiger charge is 2.22. The molecule has 4 rings (SSSR count). The second-order valence-electron chi connectivity index (χ2n) is 6.29. The van der Waals surface area contributed by atoms with Gasteiger partial charge in [0.2, 0.25) is 11.0 Å². The first-order chi connectivity index (χ1) is 13.0. The molecule has 136 valence electrons. The predicted octanol–water partition coefficient (Wildman–Crippen LogP) is 4.15. The van der Waals surface area contributed by atoms with Crippen LogP contribution in [-0.4, -0.2) is 18.2 Å². The minimum atomic E-state index is -1.03. The number of carboxylic acids is 1. The van der Waals surface area contributed by atoms with E-state index < -0.39 is 5.97 Å². The average molecular weight is 364 g/mol. The van der Waals surface area contributed by atoms with E-state index in [4.69, 9.17) is 13.6 Å². The molecule has 4 aromatic rings. The zero-order valence-corrected chi connectivity index (χ0v) is 14.7. The van der Waals surface area contributed by atoms with Gasteiger partial charge in [-0.2, -0.15) is 0 Å². The maximum absolute atomic E-state index is 12.3. The van der Waals surface area contributed by atoms with Crippen LogP contribution in [0.2, 0.25) is 0 Å². The largest absolute Gasteiger partial charge is 0.497 e. The predicted molar refractivity (Wildman–Crippen MR) is 100 cm³/mol. The van der Waals surface area contributed by atoms with E-state index in [1.165, 1.54) is 6.07 Å². The summed E-state index contributed by atoms with van der Waals surface area (Å²) < 4.78 is 16.6. The Balaban J connectivity index is 1.97. The lowest BCUT2D eigenvalue weighted by Crippen LogP contribution is -2.02. The smallest absolute Gasteiger partial charge is 0.308 e. The fourth-order valence-corrected chi connectivity index (χ4v) is 3.20. The quantitative estimate of drug-likeness (QED) is 0.585. The van der Waals surface area contributed by atoms with Gasteiger partial charge in [-0.3, -0.25) is 9.59 Å². The van der Waals surface area contributed by atoms with Crippen molar-refractivity contribution in [3.63, 3.8) is 0 Å². The number of benzene rings is 2. The Morgan fingerprint density at radius 1 is 1.04 bits per heavy atom. The van der Waals surface area contributed by atoms with E-state index in [9.17, 15) is 14.7 Å². The first-order valence-corrected chi connectivity index (χ1v) is 8.32. The number of hydrogen-bond acceptors (Lipinski definition) is 5. The molecule has 0 spiro atoms. The van der Waals surface area contributed by atoms with Gasteiger partial charge >= 0.3 is 5.97 Å². The number of carboxylic acid groups (broad SMARTS) is 1. The second-order valence-corrected chi connectivity index (χ2v) is 6.29. The molecule has 0 unspecified atom stereocenters. The topological polar surface area (TPSA) is 89.9 Å². The molecule has 2 heterocycles. The van der Waals surface area contributed by atoms with Crippen molar-refractivity contribution < 1.29 is 23.5 Å². The number of ether oxygens (including phenoxy) is 1. The summed E-state index contributed by atoms with van der Waals surface area (Å²) in [6, 6.07) is 12.6. The molecule has 0 radical (unpaired) electrons. The molecule has 0 atom stereocenters. The molecule has 6 heteroatoms. The Morgan fingerprint density at radius 2 is 1.78 bits per heavy atom. The third-order valence-electron chi connectivity index (χ3n) is 4.42. The van der Waals surface area contributed by atoms with Gasteiger partial charge in [-0.1, -0.05) is 18.2 Å². The Kier molecular flexibility index (Phi) is 3.96. The molecule has 0 aliphatic rings. The lowest BCUT2D eigenvalue weighted by molar-refractivity contribution is -0.136. The van der Waals surface area contributed by atoms with Crippen molar-refractivity contribution in [3.05, 3.63) is 64.0 Å². The Morgan fingerprint density at radius 3 is 2.52 bits per heavy atom. The van der Waals surface area contributed by atoms with Gasteiger partial charge in [0.25, 0.3) is 0 Å². The summed E-state index contributed by atoms with van der Waals surface area (Å²) in [5, 5.41) is 11.2. The van der Waals surface area contributed by atoms with Crippen molar-refractivity contribution >= 4 is 27.9 Å². The van der Waals surface area contributed by atoms with Gasteiger partial charge in [0.05, 0.1) is 19.1 Å². The highest BCUT2D eigenvalue weighted by molar-refractivity contribution is 5.92. The Hall–Kier alpha value is -3.54. The van der Waals surface area contributed by atoms with Gasteiger partial charge < -0.3 is 18.7 Å². The van der Waals surface area contributed by atoms with Crippen LogP contribution in [0.1, 0.15) is 11.3 Å². The number of carbonyl (C=O) groups is 1. The van der Waals surface area contributed by atoms with E-state index >= 15 is 0 Å². The lowest BCUT2D eigenvalue weighted by Gasteiger charge is -2.05. The summed E-state index contributed by atoms with van der Waals surface area (Å²) in [4.78, 5) is 23.6. The molecule has 0 fully saturated rings. The van der Waals surface area contributed by atoms with Crippen LogP contribution in [0.25, 0.3) is 33.3 Å². The van der Waals surface area contributed by atoms with Crippen molar-refractivity contribution in [2.24, 2.45) is 0 Å². The highest BCUT2D eigenvalue weighted by Crippen LogP contribution is 2.35. The molecule has 27 heavy (non-hydrogen) atoms. The molecule has 0 saturated carbocycles. The summed E-state index contributed by atoms with van der Waals surface area (Å²) in [6.07, 6.45) is -0.310. The minimum Gasteiger partial charge on any atom is -0.497 e. The van der Waals surface area contributed by atoms with E-state index in [0.717, 1.165) is 16.5 Å². The number of aryl methyl sites for hydroxylation is 1. The molecule has 0 bridgehead atoms. The Labute approximate surface area is 153 Å². The van der Waals surface area contributed by atoms with E-state index in [0.29, 0.717) is 22.6 Å². The van der Waals surface area contributed by atoms with Crippen LogP contribution >= 0.6 is 0 Å². The van der Waals surface area contributed by atoms with Crippen LogP contribution in [0.15, 0.2) is 56.1 Å². The lowest BCUT2D eigenvalue weighted by atomic mass is 10.0. The van der Waals surface area contributed by atoms with Gasteiger partial charge in [0, 0.05) is 11.6 Å². The van der Waals surface area contributed by atoms with E-state index in [2.05, 4.69) is 0 Å². The number of rotatable bonds is 4. The van der Waals surface area contributed by atoms with Gasteiger partial charge in [0.15, 0.2) is 5.58 Å². The fourth-order valence-electron chi connectivity index (χ4n) is 3.20. The number of methoxy groups -OCH3 is 1. The first-order valence-electron chi connectivity index (χ1n) is 8.32. The van der Waals surface area contributed by atoms with E-state index in [-0.39, 0.29) is 23.0 Å². The summed E-state index contributed by atoms with van der Waals surface area (Å²) in [5.74, 6) is 0.443. The van der Waals surface area contributed by atoms with Crippen LogP contribution in [0.3, 0.4) is 0 Å². The van der Waals surface area contributed by atoms with Gasteiger partial charge in [-0.15, -0.1) is 0 Å². The van der Waals surface area contributed by atoms with Crippen molar-refractivity contribution in [1.29, 1.82) is 0 Å². The summed E-state index contributed by atoms with van der Waals surface area (Å²) in [6.45, 7) is 1.64. The zero-order valence-electron chi connectivity index (χ0n) is 14.7. The maximum Gasteiger partial charge on any atom is 0.308 e. The average Bonchev–Trinajstić information content (AvgIpc) is 2.99. The van der Waals surface area contributed by atoms with Crippen LogP contribution in [0.5, 0.6) is 5.75 Å². The zero-order chi connectivity index (χ0) is 19.1. The molecule has 2 aromatic carbocycles. The summed E-state index contributed by atoms with van der Waals surface area (Å²) in [5.41, 5.74) is 0.907. The molecule has 0 aliphatic carbocycles. The van der Waals surface area contributed by atoms with Crippen LogP contribution in [0.4, 0.5) is 0 Å². The molecular weight excluding hydrogens is 348 g/mol. The molecule has 0 amide bonds. The monoisotopic (exact) mass is 364 g/mol. The molecule has 0 aliphatic heterocycles. The number of aliphatic carboxylic acids is 1. The second kappa shape index (κ2) is 6.32. The van der Waals surface area contributed by atoms with Gasteiger partial charge in [-0.05, 0) is 35.9 Å². The van der Waals surface area contributed by atoms with Crippen LogP contribution in [-0.2, 0) is 11.2 Å². The molecular formula is C21H16O6. The summed E-state index contributed by atoms with van der Waals surface area (Å²) >= 11 is 0. The third kappa shape index (κ3) is 2.95. The molecule has 6 nitrogen and oxygen atoms in total. The minimum absolute atomic E-state index is 0.0293. The van der Waals surface area contributed by atoms with Crippen molar-refractivity contribution in [3.8, 4) is 17.1 Å². The number of hydrogen-bond donors (Lipinski definition) is 1. The third-order valence-corrected chi connectivity index (χ3v) is 4.42. The highest BCUT2D eigenvalue weighted by atomic mass is 16.5. The maximum atomic E-state index is 12.3. The molecule has 1 N–H and O–H groups in total. The van der Waals surface area contributed by atoms with Crippen molar-refractivity contribution in [2.75, 3.05) is 7.11 Å². The number of furan rings is 1. The summed E-state index contributed by atoms with van der Waals surface area (Å²) in [7, 11) is 1.61. The first kappa shape index (κ1) is 16.9. The van der Waals surface area contributed by atoms with Crippen molar-refractivity contribution in [1.82, 2.24) is 0 Å². The van der Waals surface area contributed by atoms with E-state index in [1.54, 1.807) is 14.0 Å². The van der Waals surface area contributed by atoms with Crippen LogP contribution < -0.4 is 10.2 Å². The van der Waals surface area contributed by atoms with Gasteiger partial charge in [-0.25, -0.2) is 0 Å². The fraction of sp³-hybridized carbons (Fsp3) is 0.143. The van der Waals surface area contributed by atoms with Crippen LogP contribution in [0, 0.1) is 6.92 Å². The van der Waals surface area contributed by atoms with E-state index in [1.807, 2.05) is 36.4 Å². The van der Waals surface area contributed by atoms with Gasteiger partial charge in [0.1, 0.15) is 17.3 Å². The molecule has 2 aromatic heterocycles. The Bertz CT molecular complexity index is 1240. The molecule has 0 saturated heterocycles.